The molecule has 2 heterocycles. The first-order chi connectivity index (χ1) is 16.7. The molecular formula is C25H28N4O5S. The van der Waals surface area contributed by atoms with Crippen LogP contribution in [0, 0.1) is 20.8 Å². The third-order valence-corrected chi connectivity index (χ3v) is 7.17. The van der Waals surface area contributed by atoms with Gasteiger partial charge >= 0.3 is 0 Å². The molecule has 0 atom stereocenters. The third kappa shape index (κ3) is 4.67. The zero-order chi connectivity index (χ0) is 25.3. The van der Waals surface area contributed by atoms with E-state index in [2.05, 4.69) is 14.8 Å². The number of ether oxygens (including phenoxy) is 3. The summed E-state index contributed by atoms with van der Waals surface area (Å²) in [5.74, 6) is 1.38. The van der Waals surface area contributed by atoms with E-state index in [0.717, 1.165) is 22.6 Å². The zero-order valence-electron chi connectivity index (χ0n) is 20.5. The van der Waals surface area contributed by atoms with Crippen molar-refractivity contribution < 1.29 is 22.6 Å². The molecule has 0 saturated heterocycles. The van der Waals surface area contributed by atoms with Crippen molar-refractivity contribution in [2.75, 3.05) is 21.3 Å². The predicted molar refractivity (Wildman–Crippen MR) is 133 cm³/mol. The molecule has 10 heteroatoms. The molecule has 0 fully saturated rings. The van der Waals surface area contributed by atoms with Gasteiger partial charge in [-0.1, -0.05) is 6.07 Å². The summed E-state index contributed by atoms with van der Waals surface area (Å²) >= 11 is 0. The molecule has 0 amide bonds. The molecule has 0 unspecified atom stereocenters. The van der Waals surface area contributed by atoms with Gasteiger partial charge in [-0.05, 0) is 62.7 Å². The average Bonchev–Trinajstić information content (AvgIpc) is 3.18. The Labute approximate surface area is 204 Å². The second-order valence-electron chi connectivity index (χ2n) is 8.10. The fourth-order valence-corrected chi connectivity index (χ4v) is 5.28. The Morgan fingerprint density at radius 1 is 0.914 bits per heavy atom. The summed E-state index contributed by atoms with van der Waals surface area (Å²) in [6.45, 7) is 5.76. The SMILES string of the molecule is COc1ccc(OC)c(CNS(=O)(=O)c2cc(-c3c(C)nn4c(C)cc(C)nc34)ccc2OC)c1. The van der Waals surface area contributed by atoms with Crippen molar-refractivity contribution in [3.05, 3.63) is 65.1 Å². The molecule has 4 rings (SSSR count). The highest BCUT2D eigenvalue weighted by Crippen LogP contribution is 2.34. The van der Waals surface area contributed by atoms with Crippen molar-refractivity contribution in [1.29, 1.82) is 0 Å². The van der Waals surface area contributed by atoms with Gasteiger partial charge in [0, 0.05) is 29.1 Å². The van der Waals surface area contributed by atoms with Gasteiger partial charge in [0.2, 0.25) is 10.0 Å². The number of hydrogen-bond donors (Lipinski definition) is 1. The summed E-state index contributed by atoms with van der Waals surface area (Å²) in [6.07, 6.45) is 0. The summed E-state index contributed by atoms with van der Waals surface area (Å²) in [5.41, 5.74) is 5.29. The topological polar surface area (TPSA) is 104 Å². The molecular weight excluding hydrogens is 468 g/mol. The molecule has 4 aromatic rings. The van der Waals surface area contributed by atoms with Gasteiger partial charge in [-0.25, -0.2) is 22.6 Å². The van der Waals surface area contributed by atoms with Gasteiger partial charge in [-0.2, -0.15) is 5.10 Å². The van der Waals surface area contributed by atoms with E-state index in [1.54, 1.807) is 42.0 Å². The van der Waals surface area contributed by atoms with E-state index in [1.807, 2.05) is 32.9 Å². The Bertz CT molecular complexity index is 1510. The Hall–Kier alpha value is -3.63. The maximum absolute atomic E-state index is 13.4. The van der Waals surface area contributed by atoms with E-state index in [4.69, 9.17) is 14.2 Å². The van der Waals surface area contributed by atoms with Gasteiger partial charge in [0.25, 0.3) is 0 Å². The van der Waals surface area contributed by atoms with Gasteiger partial charge in [0.15, 0.2) is 5.65 Å². The summed E-state index contributed by atoms with van der Waals surface area (Å²) in [4.78, 5) is 4.67. The van der Waals surface area contributed by atoms with E-state index in [0.29, 0.717) is 28.3 Å². The van der Waals surface area contributed by atoms with Crippen LogP contribution in [0.25, 0.3) is 16.8 Å². The molecule has 9 nitrogen and oxygen atoms in total. The second kappa shape index (κ2) is 9.55. The predicted octanol–water partition coefficient (Wildman–Crippen LogP) is 3.83. The van der Waals surface area contributed by atoms with Gasteiger partial charge in [0.1, 0.15) is 22.1 Å². The van der Waals surface area contributed by atoms with Gasteiger partial charge < -0.3 is 14.2 Å². The fraction of sp³-hybridized carbons (Fsp3) is 0.280. The van der Waals surface area contributed by atoms with Crippen molar-refractivity contribution >= 4 is 15.7 Å². The minimum absolute atomic E-state index is 0.00573. The van der Waals surface area contributed by atoms with Crippen LogP contribution in [-0.4, -0.2) is 44.3 Å². The molecule has 0 aliphatic rings. The van der Waals surface area contributed by atoms with Crippen molar-refractivity contribution in [1.82, 2.24) is 19.3 Å². The van der Waals surface area contributed by atoms with E-state index in [-0.39, 0.29) is 17.2 Å². The zero-order valence-corrected chi connectivity index (χ0v) is 21.4. The molecule has 1 N–H and O–H groups in total. The van der Waals surface area contributed by atoms with Crippen LogP contribution >= 0.6 is 0 Å². The number of rotatable bonds is 8. The molecule has 0 aliphatic carbocycles. The van der Waals surface area contributed by atoms with Crippen LogP contribution in [0.3, 0.4) is 0 Å². The van der Waals surface area contributed by atoms with Gasteiger partial charge in [0.05, 0.1) is 27.0 Å². The highest BCUT2D eigenvalue weighted by atomic mass is 32.2. The van der Waals surface area contributed by atoms with Crippen molar-refractivity contribution in [2.24, 2.45) is 0 Å². The lowest BCUT2D eigenvalue weighted by atomic mass is 10.1. The standard InChI is InChI=1S/C25H28N4O5S/c1-15-11-16(2)29-25(27-15)24(17(3)28-29)18-7-9-22(34-6)23(13-18)35(30,31)26-14-19-12-20(32-4)8-10-21(19)33-5/h7-13,26H,14H2,1-6H3. The molecule has 0 spiro atoms. The van der Waals surface area contributed by atoms with Gasteiger partial charge in [-0.3, -0.25) is 0 Å². The van der Waals surface area contributed by atoms with Gasteiger partial charge in [-0.15, -0.1) is 0 Å². The number of methoxy groups -OCH3 is 3. The van der Waals surface area contributed by atoms with E-state index >= 15 is 0 Å². The fourth-order valence-electron chi connectivity index (χ4n) is 4.08. The number of benzene rings is 2. The molecule has 0 aliphatic heterocycles. The Balaban J connectivity index is 1.76. The number of fused-ring (bicyclic) bond motifs is 1. The summed E-state index contributed by atoms with van der Waals surface area (Å²) in [6, 6.07) is 12.2. The monoisotopic (exact) mass is 496 g/mol. The number of hydrogen-bond acceptors (Lipinski definition) is 7. The molecule has 2 aromatic heterocycles. The summed E-state index contributed by atoms with van der Waals surface area (Å²) in [5, 5.41) is 4.61. The summed E-state index contributed by atoms with van der Waals surface area (Å²) < 4.78 is 47.3. The smallest absolute Gasteiger partial charge is 0.244 e. The largest absolute Gasteiger partial charge is 0.497 e. The normalized spacial score (nSPS) is 11.6. The number of aromatic nitrogens is 3. The van der Waals surface area contributed by atoms with Crippen LogP contribution in [0.4, 0.5) is 0 Å². The van der Waals surface area contributed by atoms with Crippen LogP contribution in [0.15, 0.2) is 47.4 Å². The number of sulfonamides is 1. The van der Waals surface area contributed by atoms with Crippen LogP contribution in [0.5, 0.6) is 17.2 Å². The Morgan fingerprint density at radius 3 is 2.31 bits per heavy atom. The number of nitrogens with zero attached hydrogens (tertiary/aromatic N) is 3. The average molecular weight is 497 g/mol. The maximum atomic E-state index is 13.4. The number of nitrogens with one attached hydrogen (secondary N) is 1. The van der Waals surface area contributed by atoms with Crippen LogP contribution < -0.4 is 18.9 Å². The van der Waals surface area contributed by atoms with Crippen LogP contribution in [-0.2, 0) is 16.6 Å². The Kier molecular flexibility index (Phi) is 6.68. The third-order valence-electron chi connectivity index (χ3n) is 5.75. The highest BCUT2D eigenvalue weighted by molar-refractivity contribution is 7.89. The first-order valence-corrected chi connectivity index (χ1v) is 12.4. The summed E-state index contributed by atoms with van der Waals surface area (Å²) in [7, 11) is 0.556. The van der Waals surface area contributed by atoms with Crippen molar-refractivity contribution in [2.45, 2.75) is 32.2 Å². The minimum atomic E-state index is -3.96. The number of aryl methyl sites for hydroxylation is 3. The molecule has 0 saturated carbocycles. The van der Waals surface area contributed by atoms with E-state index in [9.17, 15) is 8.42 Å². The van der Waals surface area contributed by atoms with E-state index < -0.39 is 10.0 Å². The van der Waals surface area contributed by atoms with E-state index in [1.165, 1.54) is 14.2 Å². The molecule has 184 valence electrons. The van der Waals surface area contributed by atoms with Crippen LogP contribution in [0.2, 0.25) is 0 Å². The Morgan fingerprint density at radius 2 is 1.63 bits per heavy atom. The lowest BCUT2D eigenvalue weighted by molar-refractivity contribution is 0.397. The quantitative estimate of drug-likeness (QED) is 0.395. The second-order valence-corrected chi connectivity index (χ2v) is 9.84. The molecule has 0 bridgehead atoms. The lowest BCUT2D eigenvalue weighted by Gasteiger charge is -2.14. The maximum Gasteiger partial charge on any atom is 0.244 e. The molecule has 2 aromatic carbocycles. The highest BCUT2D eigenvalue weighted by Gasteiger charge is 2.23. The van der Waals surface area contributed by atoms with Crippen molar-refractivity contribution in [3.8, 4) is 28.4 Å². The lowest BCUT2D eigenvalue weighted by Crippen LogP contribution is -2.24. The van der Waals surface area contributed by atoms with Crippen LogP contribution in [0.1, 0.15) is 22.6 Å². The minimum Gasteiger partial charge on any atom is -0.497 e. The first kappa shape index (κ1) is 24.5. The molecule has 35 heavy (non-hydrogen) atoms. The first-order valence-electron chi connectivity index (χ1n) is 10.9. The van der Waals surface area contributed by atoms with Crippen molar-refractivity contribution in [3.63, 3.8) is 0 Å². The molecule has 0 radical (unpaired) electrons.